The van der Waals surface area contributed by atoms with Crippen molar-refractivity contribution in [1.82, 2.24) is 5.32 Å². The molecular weight excluding hydrogens is 271 g/mol. The van der Waals surface area contributed by atoms with Crippen LogP contribution in [0.5, 0.6) is 5.75 Å². The Morgan fingerprint density at radius 2 is 2.00 bits per heavy atom. The Kier molecular flexibility index (Phi) is 5.95. The highest BCUT2D eigenvalue weighted by atomic mass is 19.1. The van der Waals surface area contributed by atoms with Crippen molar-refractivity contribution in [2.45, 2.75) is 0 Å². The number of ether oxygens (including phenoxy) is 2. The molecule has 0 saturated heterocycles. The summed E-state index contributed by atoms with van der Waals surface area (Å²) >= 11 is 0. The van der Waals surface area contributed by atoms with Gasteiger partial charge in [-0.3, -0.25) is 9.59 Å². The van der Waals surface area contributed by atoms with Crippen LogP contribution in [0.25, 0.3) is 0 Å². The predicted molar refractivity (Wildman–Crippen MR) is 65.1 cm³/mol. The van der Waals surface area contributed by atoms with Gasteiger partial charge in [0, 0.05) is 6.07 Å². The SMILES string of the molecule is NC(=O)CNC(=O)COC(=O)COc1cccc(F)c1. The van der Waals surface area contributed by atoms with Crippen LogP contribution in [-0.4, -0.2) is 37.5 Å². The Balaban J connectivity index is 2.23. The van der Waals surface area contributed by atoms with Crippen LogP contribution in [0.3, 0.4) is 0 Å². The maximum absolute atomic E-state index is 12.8. The fourth-order valence-electron chi connectivity index (χ4n) is 1.12. The Morgan fingerprint density at radius 1 is 1.25 bits per heavy atom. The van der Waals surface area contributed by atoms with E-state index in [0.29, 0.717) is 0 Å². The number of primary amides is 1. The third-order valence-corrected chi connectivity index (χ3v) is 1.98. The molecule has 0 atom stereocenters. The van der Waals surface area contributed by atoms with E-state index in [1.165, 1.54) is 18.2 Å². The number of hydrogen-bond acceptors (Lipinski definition) is 5. The first kappa shape index (κ1) is 15.4. The van der Waals surface area contributed by atoms with Gasteiger partial charge in [-0.2, -0.15) is 0 Å². The summed E-state index contributed by atoms with van der Waals surface area (Å²) in [7, 11) is 0. The van der Waals surface area contributed by atoms with Crippen LogP contribution >= 0.6 is 0 Å². The molecule has 0 spiro atoms. The van der Waals surface area contributed by atoms with E-state index in [4.69, 9.17) is 10.5 Å². The molecule has 20 heavy (non-hydrogen) atoms. The van der Waals surface area contributed by atoms with Crippen LogP contribution in [-0.2, 0) is 19.1 Å². The number of esters is 1. The molecule has 0 fully saturated rings. The van der Waals surface area contributed by atoms with Gasteiger partial charge >= 0.3 is 5.97 Å². The molecule has 1 aromatic carbocycles. The van der Waals surface area contributed by atoms with Gasteiger partial charge in [0.2, 0.25) is 5.91 Å². The van der Waals surface area contributed by atoms with Gasteiger partial charge in [0.25, 0.3) is 5.91 Å². The quantitative estimate of drug-likeness (QED) is 0.647. The number of carbonyl (C=O) groups is 3. The van der Waals surface area contributed by atoms with E-state index >= 15 is 0 Å². The molecule has 7 nitrogen and oxygen atoms in total. The summed E-state index contributed by atoms with van der Waals surface area (Å²) in [6, 6.07) is 5.23. The first-order valence-electron chi connectivity index (χ1n) is 5.56. The van der Waals surface area contributed by atoms with Gasteiger partial charge in [0.15, 0.2) is 13.2 Å². The number of nitrogens with one attached hydrogen (secondary N) is 1. The van der Waals surface area contributed by atoms with Gasteiger partial charge in [0.05, 0.1) is 6.54 Å². The monoisotopic (exact) mass is 284 g/mol. The second-order valence-corrected chi connectivity index (χ2v) is 3.65. The Hall–Kier alpha value is -2.64. The average molecular weight is 284 g/mol. The standard InChI is InChI=1S/C12H13FN2O5/c13-8-2-1-3-9(4-8)19-7-12(18)20-6-11(17)15-5-10(14)16/h1-4H,5-7H2,(H2,14,16)(H,15,17). The molecule has 0 bridgehead atoms. The zero-order valence-corrected chi connectivity index (χ0v) is 10.4. The molecule has 3 N–H and O–H groups in total. The fourth-order valence-corrected chi connectivity index (χ4v) is 1.12. The van der Waals surface area contributed by atoms with Gasteiger partial charge < -0.3 is 20.5 Å². The number of benzene rings is 1. The average Bonchev–Trinajstić information content (AvgIpc) is 2.40. The largest absolute Gasteiger partial charge is 0.482 e. The molecule has 8 heteroatoms. The second kappa shape index (κ2) is 7.72. The molecule has 1 aromatic rings. The van der Waals surface area contributed by atoms with E-state index in [1.54, 1.807) is 0 Å². The highest BCUT2D eigenvalue weighted by Crippen LogP contribution is 2.11. The van der Waals surface area contributed by atoms with Crippen molar-refractivity contribution >= 4 is 17.8 Å². The third-order valence-electron chi connectivity index (χ3n) is 1.98. The van der Waals surface area contributed by atoms with Crippen molar-refractivity contribution in [3.05, 3.63) is 30.1 Å². The number of hydrogen-bond donors (Lipinski definition) is 2. The minimum absolute atomic E-state index is 0.167. The molecule has 0 heterocycles. The van der Waals surface area contributed by atoms with Gasteiger partial charge in [-0.15, -0.1) is 0 Å². The number of amides is 2. The summed E-state index contributed by atoms with van der Waals surface area (Å²) in [6.07, 6.45) is 0. The first-order valence-corrected chi connectivity index (χ1v) is 5.56. The summed E-state index contributed by atoms with van der Waals surface area (Å²) < 4.78 is 22.3. The lowest BCUT2D eigenvalue weighted by Gasteiger charge is -2.07. The lowest BCUT2D eigenvalue weighted by atomic mass is 10.3. The molecule has 0 saturated carbocycles. The van der Waals surface area contributed by atoms with Crippen molar-refractivity contribution in [1.29, 1.82) is 0 Å². The summed E-state index contributed by atoms with van der Waals surface area (Å²) in [5, 5.41) is 2.14. The molecule has 0 aromatic heterocycles. The minimum Gasteiger partial charge on any atom is -0.482 e. The molecule has 2 amide bonds. The zero-order valence-electron chi connectivity index (χ0n) is 10.4. The lowest BCUT2D eigenvalue weighted by Crippen LogP contribution is -2.36. The van der Waals surface area contributed by atoms with Gasteiger partial charge in [0.1, 0.15) is 11.6 Å². The Bertz CT molecular complexity index is 506. The molecule has 0 unspecified atom stereocenters. The number of carbonyl (C=O) groups excluding carboxylic acids is 3. The topological polar surface area (TPSA) is 108 Å². The molecule has 0 radical (unpaired) electrons. The lowest BCUT2D eigenvalue weighted by molar-refractivity contribution is -0.150. The molecule has 0 aliphatic heterocycles. The normalized spacial score (nSPS) is 9.65. The maximum Gasteiger partial charge on any atom is 0.344 e. The summed E-state index contributed by atoms with van der Waals surface area (Å²) in [4.78, 5) is 32.7. The third kappa shape index (κ3) is 6.34. The van der Waals surface area contributed by atoms with Crippen LogP contribution in [0.4, 0.5) is 4.39 Å². The molecule has 1 rings (SSSR count). The van der Waals surface area contributed by atoms with Crippen molar-refractivity contribution in [3.63, 3.8) is 0 Å². The van der Waals surface area contributed by atoms with Crippen LogP contribution in [0, 0.1) is 5.82 Å². The summed E-state index contributed by atoms with van der Waals surface area (Å²) in [5.41, 5.74) is 4.81. The van der Waals surface area contributed by atoms with Crippen LogP contribution in [0.15, 0.2) is 24.3 Å². The van der Waals surface area contributed by atoms with Gasteiger partial charge in [-0.25, -0.2) is 9.18 Å². The van der Waals surface area contributed by atoms with Crippen molar-refractivity contribution in [3.8, 4) is 5.75 Å². The van der Waals surface area contributed by atoms with Crippen LogP contribution in [0.1, 0.15) is 0 Å². The van der Waals surface area contributed by atoms with E-state index < -0.39 is 36.8 Å². The predicted octanol–water partition coefficient (Wildman–Crippen LogP) is -0.651. The second-order valence-electron chi connectivity index (χ2n) is 3.65. The van der Waals surface area contributed by atoms with Crippen LogP contribution < -0.4 is 15.8 Å². The summed E-state index contributed by atoms with van der Waals surface area (Å²) in [6.45, 7) is -1.36. The van der Waals surface area contributed by atoms with E-state index in [0.717, 1.165) is 6.07 Å². The molecule has 0 aliphatic rings. The van der Waals surface area contributed by atoms with Gasteiger partial charge in [-0.05, 0) is 12.1 Å². The zero-order chi connectivity index (χ0) is 15.0. The van der Waals surface area contributed by atoms with Gasteiger partial charge in [-0.1, -0.05) is 6.07 Å². The van der Waals surface area contributed by atoms with E-state index in [1.807, 2.05) is 0 Å². The number of halogens is 1. The molecule has 0 aliphatic carbocycles. The summed E-state index contributed by atoms with van der Waals surface area (Å²) in [5.74, 6) is -2.51. The number of nitrogens with two attached hydrogens (primary N) is 1. The first-order chi connectivity index (χ1) is 9.47. The fraction of sp³-hybridized carbons (Fsp3) is 0.250. The number of rotatable bonds is 7. The molecular formula is C12H13FN2O5. The highest BCUT2D eigenvalue weighted by molar-refractivity contribution is 5.85. The highest BCUT2D eigenvalue weighted by Gasteiger charge is 2.09. The Morgan fingerprint density at radius 3 is 2.65 bits per heavy atom. The van der Waals surface area contributed by atoms with E-state index in [-0.39, 0.29) is 12.3 Å². The van der Waals surface area contributed by atoms with Crippen molar-refractivity contribution < 1.29 is 28.2 Å². The minimum atomic E-state index is -0.802. The van der Waals surface area contributed by atoms with E-state index in [9.17, 15) is 18.8 Å². The van der Waals surface area contributed by atoms with E-state index in [2.05, 4.69) is 10.1 Å². The smallest absolute Gasteiger partial charge is 0.344 e. The van der Waals surface area contributed by atoms with Crippen molar-refractivity contribution in [2.24, 2.45) is 5.73 Å². The maximum atomic E-state index is 12.8. The van der Waals surface area contributed by atoms with Crippen molar-refractivity contribution in [2.75, 3.05) is 19.8 Å². The van der Waals surface area contributed by atoms with Crippen LogP contribution in [0.2, 0.25) is 0 Å². The Labute approximate surface area is 113 Å². The molecule has 108 valence electrons.